The normalized spacial score (nSPS) is 40.9. The van der Waals surface area contributed by atoms with E-state index < -0.39 is 29.5 Å². The first-order valence-corrected chi connectivity index (χ1v) is 6.31. The topological polar surface area (TPSA) is 69.7 Å². The number of hydrogen-bond donors (Lipinski definition) is 0. The molecule has 2 saturated heterocycles. The van der Waals surface area contributed by atoms with Gasteiger partial charge < -0.3 is 19.5 Å². The lowest BCUT2D eigenvalue weighted by molar-refractivity contribution is -0.313. The SMILES string of the molecule is CC(C)CN1C[C@@]23C=C[C@@H](O2)[C@@H](C(=O)[O-])[C@H]3C1=O. The van der Waals surface area contributed by atoms with Crippen LogP contribution in [0.5, 0.6) is 0 Å². The van der Waals surface area contributed by atoms with Crippen molar-refractivity contribution < 1.29 is 19.4 Å². The monoisotopic (exact) mass is 250 g/mol. The molecule has 3 heterocycles. The molecular weight excluding hydrogens is 234 g/mol. The number of likely N-dealkylation sites (tertiary alicyclic amines) is 1. The number of carbonyl (C=O) groups excluding carboxylic acids is 2. The summed E-state index contributed by atoms with van der Waals surface area (Å²) in [5.74, 6) is -2.37. The van der Waals surface area contributed by atoms with Gasteiger partial charge in [0.1, 0.15) is 5.60 Å². The first kappa shape index (κ1) is 11.7. The van der Waals surface area contributed by atoms with Crippen LogP contribution in [-0.4, -0.2) is 41.6 Å². The standard InChI is InChI=1S/C13H17NO4/c1-7(2)5-14-6-13-4-3-8(18-13)9(12(16)17)10(13)11(14)15/h3-4,7-10H,5-6H2,1-2H3,(H,16,17)/p-1/t8-,9-,10+,13-/m1/s1. The number of carboxylic acids is 1. The number of ether oxygens (including phenoxy) is 1. The third kappa shape index (κ3) is 1.37. The van der Waals surface area contributed by atoms with Crippen molar-refractivity contribution in [2.45, 2.75) is 25.6 Å². The van der Waals surface area contributed by atoms with Crippen molar-refractivity contribution in [3.05, 3.63) is 12.2 Å². The predicted octanol–water partition coefficient (Wildman–Crippen LogP) is -0.826. The van der Waals surface area contributed by atoms with Crippen molar-refractivity contribution in [2.24, 2.45) is 17.8 Å². The number of fused-ring (bicyclic) bond motifs is 1. The zero-order valence-electron chi connectivity index (χ0n) is 10.5. The van der Waals surface area contributed by atoms with E-state index >= 15 is 0 Å². The second kappa shape index (κ2) is 3.57. The minimum Gasteiger partial charge on any atom is -0.550 e. The Kier molecular flexibility index (Phi) is 2.32. The maximum atomic E-state index is 12.3. The van der Waals surface area contributed by atoms with Crippen LogP contribution in [0.25, 0.3) is 0 Å². The second-order valence-corrected chi connectivity index (χ2v) is 5.83. The Bertz CT molecular complexity index is 444. The van der Waals surface area contributed by atoms with Gasteiger partial charge in [-0.25, -0.2) is 0 Å². The van der Waals surface area contributed by atoms with Gasteiger partial charge in [0.25, 0.3) is 0 Å². The van der Waals surface area contributed by atoms with Gasteiger partial charge in [-0.2, -0.15) is 0 Å². The van der Waals surface area contributed by atoms with E-state index in [9.17, 15) is 14.7 Å². The quantitative estimate of drug-likeness (QED) is 0.613. The lowest BCUT2D eigenvalue weighted by atomic mass is 9.77. The largest absolute Gasteiger partial charge is 0.550 e. The first-order valence-electron chi connectivity index (χ1n) is 6.31. The van der Waals surface area contributed by atoms with Crippen LogP contribution >= 0.6 is 0 Å². The van der Waals surface area contributed by atoms with Crippen molar-refractivity contribution in [3.8, 4) is 0 Å². The van der Waals surface area contributed by atoms with Crippen LogP contribution in [0.1, 0.15) is 13.8 Å². The van der Waals surface area contributed by atoms with Crippen LogP contribution in [0, 0.1) is 17.8 Å². The zero-order valence-corrected chi connectivity index (χ0v) is 10.5. The summed E-state index contributed by atoms with van der Waals surface area (Å²) in [7, 11) is 0. The molecule has 98 valence electrons. The molecule has 3 aliphatic rings. The van der Waals surface area contributed by atoms with E-state index in [2.05, 4.69) is 0 Å². The van der Waals surface area contributed by atoms with Crippen molar-refractivity contribution in [2.75, 3.05) is 13.1 Å². The Morgan fingerprint density at radius 2 is 2.39 bits per heavy atom. The highest BCUT2D eigenvalue weighted by Gasteiger charge is 2.65. The summed E-state index contributed by atoms with van der Waals surface area (Å²) in [6.45, 7) is 5.16. The summed E-state index contributed by atoms with van der Waals surface area (Å²) in [6, 6.07) is 0. The lowest BCUT2D eigenvalue weighted by Crippen LogP contribution is -2.45. The molecule has 3 rings (SSSR count). The summed E-state index contributed by atoms with van der Waals surface area (Å²) in [4.78, 5) is 25.3. The van der Waals surface area contributed by atoms with Crippen molar-refractivity contribution in [3.63, 3.8) is 0 Å². The summed E-state index contributed by atoms with van der Waals surface area (Å²) in [5.41, 5.74) is -0.721. The van der Waals surface area contributed by atoms with Gasteiger partial charge in [0, 0.05) is 18.4 Å². The van der Waals surface area contributed by atoms with Gasteiger partial charge in [-0.1, -0.05) is 26.0 Å². The minimum atomic E-state index is -1.18. The summed E-state index contributed by atoms with van der Waals surface area (Å²) in [5, 5.41) is 11.2. The molecule has 3 aliphatic heterocycles. The average Bonchev–Trinajstić information content (AvgIpc) is 2.87. The van der Waals surface area contributed by atoms with Crippen LogP contribution in [-0.2, 0) is 14.3 Å². The molecule has 0 aliphatic carbocycles. The number of rotatable bonds is 3. The average molecular weight is 250 g/mol. The molecule has 4 atom stereocenters. The summed E-state index contributed by atoms with van der Waals surface area (Å²) in [6.07, 6.45) is 3.12. The minimum absolute atomic E-state index is 0.107. The van der Waals surface area contributed by atoms with E-state index in [1.54, 1.807) is 11.0 Å². The van der Waals surface area contributed by atoms with Crippen molar-refractivity contribution in [1.29, 1.82) is 0 Å². The van der Waals surface area contributed by atoms with Crippen LogP contribution in [0.15, 0.2) is 12.2 Å². The maximum Gasteiger partial charge on any atom is 0.229 e. The number of carboxylic acid groups (broad SMARTS) is 1. The molecule has 5 heteroatoms. The van der Waals surface area contributed by atoms with Gasteiger partial charge in [0.15, 0.2) is 0 Å². The molecule has 0 aromatic heterocycles. The van der Waals surface area contributed by atoms with Gasteiger partial charge >= 0.3 is 0 Å². The van der Waals surface area contributed by atoms with Crippen LogP contribution in [0.4, 0.5) is 0 Å². The van der Waals surface area contributed by atoms with Crippen LogP contribution in [0.2, 0.25) is 0 Å². The van der Waals surface area contributed by atoms with Gasteiger partial charge in [0.2, 0.25) is 5.91 Å². The Balaban J connectivity index is 1.92. The van der Waals surface area contributed by atoms with Gasteiger partial charge in [-0.3, -0.25) is 4.79 Å². The number of aliphatic carboxylic acids is 1. The van der Waals surface area contributed by atoms with Crippen LogP contribution in [0.3, 0.4) is 0 Å². The molecule has 5 nitrogen and oxygen atoms in total. The molecule has 2 fully saturated rings. The third-order valence-corrected chi connectivity index (χ3v) is 4.04. The van der Waals surface area contributed by atoms with Crippen LogP contribution < -0.4 is 5.11 Å². The molecule has 0 radical (unpaired) electrons. The number of nitrogens with zero attached hydrogens (tertiary/aromatic N) is 1. The van der Waals surface area contributed by atoms with Crippen molar-refractivity contribution >= 4 is 11.9 Å². The number of amides is 1. The van der Waals surface area contributed by atoms with Crippen molar-refractivity contribution in [1.82, 2.24) is 4.90 Å². The zero-order chi connectivity index (χ0) is 13.1. The Morgan fingerprint density at radius 1 is 1.67 bits per heavy atom. The fraction of sp³-hybridized carbons (Fsp3) is 0.692. The van der Waals surface area contributed by atoms with Gasteiger partial charge in [-0.05, 0) is 5.92 Å². The fourth-order valence-electron chi connectivity index (χ4n) is 3.44. The highest BCUT2D eigenvalue weighted by atomic mass is 16.5. The van der Waals surface area contributed by atoms with Gasteiger partial charge in [0.05, 0.1) is 18.6 Å². The fourth-order valence-corrected chi connectivity index (χ4v) is 3.44. The van der Waals surface area contributed by atoms with E-state index in [-0.39, 0.29) is 5.91 Å². The summed E-state index contributed by atoms with van der Waals surface area (Å²) < 4.78 is 5.75. The predicted molar refractivity (Wildman–Crippen MR) is 60.1 cm³/mol. The molecular formula is C13H16NO4-. The molecule has 0 aromatic carbocycles. The van der Waals surface area contributed by atoms with E-state index in [1.165, 1.54) is 0 Å². The van der Waals surface area contributed by atoms with E-state index in [0.717, 1.165) is 0 Å². The molecule has 0 aromatic rings. The molecule has 18 heavy (non-hydrogen) atoms. The Hall–Kier alpha value is -1.36. The molecule has 1 spiro atoms. The highest BCUT2D eigenvalue weighted by molar-refractivity contribution is 5.90. The number of hydrogen-bond acceptors (Lipinski definition) is 4. The third-order valence-electron chi connectivity index (χ3n) is 4.04. The molecule has 0 N–H and O–H groups in total. The maximum absolute atomic E-state index is 12.3. The molecule has 2 bridgehead atoms. The second-order valence-electron chi connectivity index (χ2n) is 5.83. The lowest BCUT2D eigenvalue weighted by Gasteiger charge is -2.24. The Morgan fingerprint density at radius 3 is 3.00 bits per heavy atom. The molecule has 0 unspecified atom stereocenters. The number of carbonyl (C=O) groups is 2. The van der Waals surface area contributed by atoms with Gasteiger partial charge in [-0.15, -0.1) is 0 Å². The molecule has 0 saturated carbocycles. The van der Waals surface area contributed by atoms with E-state index in [4.69, 9.17) is 4.74 Å². The first-order chi connectivity index (χ1) is 8.44. The Labute approximate surface area is 105 Å². The highest BCUT2D eigenvalue weighted by Crippen LogP contribution is 2.51. The van der Waals surface area contributed by atoms with E-state index in [1.807, 2.05) is 19.9 Å². The molecule has 1 amide bonds. The summed E-state index contributed by atoms with van der Waals surface area (Å²) >= 11 is 0. The smallest absolute Gasteiger partial charge is 0.229 e. The van der Waals surface area contributed by atoms with E-state index in [0.29, 0.717) is 19.0 Å².